The largest absolute Gasteiger partial charge is 0.497 e. The van der Waals surface area contributed by atoms with Gasteiger partial charge in [0.25, 0.3) is 0 Å². The van der Waals surface area contributed by atoms with Gasteiger partial charge in [0, 0.05) is 18.8 Å². The monoisotopic (exact) mass is 425 g/mol. The molecule has 0 aliphatic carbocycles. The Labute approximate surface area is 179 Å². The summed E-state index contributed by atoms with van der Waals surface area (Å²) in [5, 5.41) is 12.2. The topological polar surface area (TPSA) is 81.5 Å². The Balaban J connectivity index is 1.39. The van der Waals surface area contributed by atoms with Gasteiger partial charge in [0.2, 0.25) is 11.9 Å². The van der Waals surface area contributed by atoms with Gasteiger partial charge >= 0.3 is 0 Å². The molecular formula is C21H23N5O3S. The highest BCUT2D eigenvalue weighted by Crippen LogP contribution is 2.33. The van der Waals surface area contributed by atoms with Gasteiger partial charge in [-0.1, -0.05) is 23.9 Å². The normalized spacial score (nSPS) is 12.5. The van der Waals surface area contributed by atoms with Gasteiger partial charge in [-0.3, -0.25) is 9.36 Å². The molecule has 9 heteroatoms. The molecule has 0 saturated heterocycles. The molecule has 0 fully saturated rings. The number of benzene rings is 2. The molecule has 8 nitrogen and oxygen atoms in total. The molecule has 1 aromatic heterocycles. The summed E-state index contributed by atoms with van der Waals surface area (Å²) in [7, 11) is 1.65. The predicted molar refractivity (Wildman–Crippen MR) is 117 cm³/mol. The van der Waals surface area contributed by atoms with Gasteiger partial charge in [-0.25, -0.2) is 0 Å². The number of rotatable bonds is 8. The minimum Gasteiger partial charge on any atom is -0.497 e. The first-order valence-electron chi connectivity index (χ1n) is 9.69. The maximum absolute atomic E-state index is 12.4. The number of amides is 1. The molecule has 1 amide bonds. The van der Waals surface area contributed by atoms with Crippen molar-refractivity contribution in [3.63, 3.8) is 0 Å². The maximum Gasteiger partial charge on any atom is 0.234 e. The fraction of sp³-hybridized carbons (Fsp3) is 0.286. The molecule has 2 heterocycles. The lowest BCUT2D eigenvalue weighted by Gasteiger charge is -2.15. The molecule has 0 atom stereocenters. The van der Waals surface area contributed by atoms with E-state index in [9.17, 15) is 4.79 Å². The zero-order valence-electron chi connectivity index (χ0n) is 16.9. The zero-order chi connectivity index (χ0) is 20.9. The Morgan fingerprint density at radius 3 is 2.70 bits per heavy atom. The van der Waals surface area contributed by atoms with E-state index in [1.54, 1.807) is 7.11 Å². The molecule has 1 N–H and O–H groups in total. The molecule has 3 aromatic rings. The standard InChI is InChI=1S/C21H23N5O3S/c1-3-29-18-7-5-4-6-17(18)22-19(27)14-30-21-24-23-20-25(12-13-26(20)21)15-8-10-16(28-2)11-9-15/h4-11H,3,12-14H2,1-2H3,(H,22,27). The van der Waals surface area contributed by atoms with Crippen molar-refractivity contribution in [1.82, 2.24) is 14.8 Å². The van der Waals surface area contributed by atoms with Crippen LogP contribution in [0.25, 0.3) is 0 Å². The van der Waals surface area contributed by atoms with Crippen LogP contribution in [-0.4, -0.2) is 46.7 Å². The van der Waals surface area contributed by atoms with E-state index in [0.717, 1.165) is 35.6 Å². The number of methoxy groups -OCH3 is 1. The quantitative estimate of drug-likeness (QED) is 0.553. The number of aromatic nitrogens is 3. The van der Waals surface area contributed by atoms with Crippen LogP contribution < -0.4 is 19.7 Å². The van der Waals surface area contributed by atoms with Crippen molar-refractivity contribution < 1.29 is 14.3 Å². The molecule has 0 radical (unpaired) electrons. The molecule has 4 rings (SSSR count). The SMILES string of the molecule is CCOc1ccccc1NC(=O)CSc1nnc2n1CCN2c1ccc(OC)cc1. The third-order valence-corrected chi connectivity index (χ3v) is 5.63. The van der Waals surface area contributed by atoms with Crippen molar-refractivity contribution >= 4 is 35.0 Å². The van der Waals surface area contributed by atoms with E-state index < -0.39 is 0 Å². The summed E-state index contributed by atoms with van der Waals surface area (Å²) < 4.78 is 12.8. The van der Waals surface area contributed by atoms with Crippen LogP contribution in [0.4, 0.5) is 17.3 Å². The van der Waals surface area contributed by atoms with Crippen molar-refractivity contribution in [2.75, 3.05) is 36.2 Å². The molecule has 2 aromatic carbocycles. The molecular weight excluding hydrogens is 402 g/mol. The average molecular weight is 426 g/mol. The van der Waals surface area contributed by atoms with Crippen molar-refractivity contribution in [2.24, 2.45) is 0 Å². The van der Waals surface area contributed by atoms with E-state index >= 15 is 0 Å². The van der Waals surface area contributed by atoms with E-state index in [1.165, 1.54) is 11.8 Å². The Kier molecular flexibility index (Phi) is 6.08. The summed E-state index contributed by atoms with van der Waals surface area (Å²) in [4.78, 5) is 14.5. The lowest BCUT2D eigenvalue weighted by molar-refractivity contribution is -0.113. The Bertz CT molecular complexity index is 1020. The van der Waals surface area contributed by atoms with Crippen LogP contribution >= 0.6 is 11.8 Å². The zero-order valence-corrected chi connectivity index (χ0v) is 17.7. The Morgan fingerprint density at radius 2 is 1.93 bits per heavy atom. The van der Waals surface area contributed by atoms with Crippen LogP contribution in [0.5, 0.6) is 11.5 Å². The van der Waals surface area contributed by atoms with Crippen LogP contribution in [0.1, 0.15) is 6.92 Å². The minimum atomic E-state index is -0.116. The van der Waals surface area contributed by atoms with Crippen LogP contribution in [-0.2, 0) is 11.3 Å². The van der Waals surface area contributed by atoms with Gasteiger partial charge in [-0.15, -0.1) is 10.2 Å². The van der Waals surface area contributed by atoms with Gasteiger partial charge in [-0.2, -0.15) is 0 Å². The first-order valence-corrected chi connectivity index (χ1v) is 10.7. The summed E-state index contributed by atoms with van der Waals surface area (Å²) in [6.45, 7) is 4.03. The second-order valence-corrected chi connectivity index (χ2v) is 7.49. The van der Waals surface area contributed by atoms with E-state index in [1.807, 2.05) is 60.0 Å². The molecule has 1 aliphatic heterocycles. The highest BCUT2D eigenvalue weighted by Gasteiger charge is 2.26. The number of ether oxygens (including phenoxy) is 2. The number of carbonyl (C=O) groups excluding carboxylic acids is 1. The predicted octanol–water partition coefficient (Wildman–Crippen LogP) is 3.57. The van der Waals surface area contributed by atoms with E-state index in [-0.39, 0.29) is 11.7 Å². The summed E-state index contributed by atoms with van der Waals surface area (Å²) >= 11 is 1.37. The smallest absolute Gasteiger partial charge is 0.234 e. The molecule has 30 heavy (non-hydrogen) atoms. The number of nitrogens with zero attached hydrogens (tertiary/aromatic N) is 4. The Morgan fingerprint density at radius 1 is 1.13 bits per heavy atom. The summed E-state index contributed by atoms with van der Waals surface area (Å²) in [6, 6.07) is 15.3. The first kappa shape index (κ1) is 20.1. The second kappa shape index (κ2) is 9.08. The van der Waals surface area contributed by atoms with Gasteiger partial charge < -0.3 is 19.7 Å². The van der Waals surface area contributed by atoms with E-state index in [0.29, 0.717) is 18.0 Å². The van der Waals surface area contributed by atoms with Crippen molar-refractivity contribution in [1.29, 1.82) is 0 Å². The van der Waals surface area contributed by atoms with Crippen molar-refractivity contribution in [3.8, 4) is 11.5 Å². The lowest BCUT2D eigenvalue weighted by Crippen LogP contribution is -2.15. The van der Waals surface area contributed by atoms with Crippen molar-refractivity contribution in [2.45, 2.75) is 18.6 Å². The highest BCUT2D eigenvalue weighted by molar-refractivity contribution is 7.99. The number of carbonyl (C=O) groups is 1. The summed E-state index contributed by atoms with van der Waals surface area (Å²) in [5.41, 5.74) is 1.70. The number of para-hydroxylation sites is 2. The highest BCUT2D eigenvalue weighted by atomic mass is 32.2. The molecule has 1 aliphatic rings. The second-order valence-electron chi connectivity index (χ2n) is 6.55. The van der Waals surface area contributed by atoms with Gasteiger partial charge in [-0.05, 0) is 43.3 Å². The fourth-order valence-electron chi connectivity index (χ4n) is 3.26. The van der Waals surface area contributed by atoms with Gasteiger partial charge in [0.15, 0.2) is 5.16 Å². The third kappa shape index (κ3) is 4.20. The lowest BCUT2D eigenvalue weighted by atomic mass is 10.3. The molecule has 156 valence electrons. The number of fused-ring (bicyclic) bond motifs is 1. The number of thioether (sulfide) groups is 1. The molecule has 0 bridgehead atoms. The number of anilines is 3. The molecule has 0 saturated carbocycles. The number of nitrogens with one attached hydrogen (secondary N) is 1. The van der Waals surface area contributed by atoms with E-state index in [2.05, 4.69) is 20.4 Å². The average Bonchev–Trinajstić information content (AvgIpc) is 3.36. The van der Waals surface area contributed by atoms with Crippen LogP contribution in [0.2, 0.25) is 0 Å². The Hall–Kier alpha value is -3.20. The molecule has 0 unspecified atom stereocenters. The number of hydrogen-bond acceptors (Lipinski definition) is 7. The van der Waals surface area contributed by atoms with E-state index in [4.69, 9.17) is 9.47 Å². The maximum atomic E-state index is 12.4. The van der Waals surface area contributed by atoms with Crippen molar-refractivity contribution in [3.05, 3.63) is 48.5 Å². The molecule has 0 spiro atoms. The number of hydrogen-bond donors (Lipinski definition) is 1. The third-order valence-electron chi connectivity index (χ3n) is 4.66. The van der Waals surface area contributed by atoms with Gasteiger partial charge in [0.05, 0.1) is 25.2 Å². The summed E-state index contributed by atoms with van der Waals surface area (Å²) in [6.07, 6.45) is 0. The first-order chi connectivity index (χ1) is 14.7. The van der Waals surface area contributed by atoms with Crippen LogP contribution in [0.3, 0.4) is 0 Å². The van der Waals surface area contributed by atoms with Gasteiger partial charge in [0.1, 0.15) is 11.5 Å². The minimum absolute atomic E-state index is 0.116. The van der Waals surface area contributed by atoms with Crippen LogP contribution in [0, 0.1) is 0 Å². The van der Waals surface area contributed by atoms with Crippen LogP contribution in [0.15, 0.2) is 53.7 Å². The fourth-order valence-corrected chi connectivity index (χ4v) is 4.02. The summed E-state index contributed by atoms with van der Waals surface area (Å²) in [5.74, 6) is 2.38.